The summed E-state index contributed by atoms with van der Waals surface area (Å²) in [6, 6.07) is 9.75. The van der Waals surface area contributed by atoms with Gasteiger partial charge in [0.05, 0.1) is 29.1 Å². The SMILES string of the molecule is CCCc1c(C(=O)N2CC(C)CC(C(=O)O)C2)cnn1-c1ccccc1. The molecule has 6 nitrogen and oxygen atoms in total. The first-order chi connectivity index (χ1) is 12.5. The highest BCUT2D eigenvalue weighted by atomic mass is 16.4. The van der Waals surface area contributed by atoms with Crippen molar-refractivity contribution in [3.8, 4) is 5.69 Å². The first-order valence-corrected chi connectivity index (χ1v) is 9.15. The number of benzene rings is 1. The van der Waals surface area contributed by atoms with Crippen LogP contribution in [-0.2, 0) is 11.2 Å². The van der Waals surface area contributed by atoms with Crippen LogP contribution in [0.2, 0.25) is 0 Å². The van der Waals surface area contributed by atoms with Crippen LogP contribution in [0.3, 0.4) is 0 Å². The lowest BCUT2D eigenvalue weighted by molar-refractivity contribution is -0.143. The van der Waals surface area contributed by atoms with Gasteiger partial charge in [-0.15, -0.1) is 0 Å². The Labute approximate surface area is 153 Å². The van der Waals surface area contributed by atoms with E-state index < -0.39 is 11.9 Å². The lowest BCUT2D eigenvalue weighted by atomic mass is 9.90. The minimum Gasteiger partial charge on any atom is -0.481 e. The van der Waals surface area contributed by atoms with Gasteiger partial charge in [-0.25, -0.2) is 4.68 Å². The minimum atomic E-state index is -0.830. The largest absolute Gasteiger partial charge is 0.481 e. The monoisotopic (exact) mass is 355 g/mol. The molecule has 1 aromatic heterocycles. The number of aliphatic carboxylic acids is 1. The fourth-order valence-electron chi connectivity index (χ4n) is 3.69. The minimum absolute atomic E-state index is 0.117. The average Bonchev–Trinajstić information content (AvgIpc) is 3.05. The molecule has 2 atom stereocenters. The average molecular weight is 355 g/mol. The number of carboxylic acids is 1. The number of hydrogen-bond donors (Lipinski definition) is 1. The topological polar surface area (TPSA) is 75.4 Å². The number of para-hydroxylation sites is 1. The van der Waals surface area contributed by atoms with E-state index >= 15 is 0 Å². The molecular weight excluding hydrogens is 330 g/mol. The van der Waals surface area contributed by atoms with Crippen molar-refractivity contribution in [3.05, 3.63) is 47.8 Å². The molecule has 1 N–H and O–H groups in total. The van der Waals surface area contributed by atoms with Crippen LogP contribution >= 0.6 is 0 Å². The predicted octanol–water partition coefficient (Wildman–Crippen LogP) is 3.01. The van der Waals surface area contributed by atoms with Crippen molar-refractivity contribution in [3.63, 3.8) is 0 Å². The summed E-state index contributed by atoms with van der Waals surface area (Å²) >= 11 is 0. The summed E-state index contributed by atoms with van der Waals surface area (Å²) in [7, 11) is 0. The number of carbonyl (C=O) groups excluding carboxylic acids is 1. The van der Waals surface area contributed by atoms with Crippen LogP contribution in [-0.4, -0.2) is 44.8 Å². The number of hydrogen-bond acceptors (Lipinski definition) is 3. The van der Waals surface area contributed by atoms with E-state index in [1.807, 2.05) is 41.9 Å². The van der Waals surface area contributed by atoms with Gasteiger partial charge in [0.15, 0.2) is 0 Å². The maximum Gasteiger partial charge on any atom is 0.308 e. The van der Waals surface area contributed by atoms with Crippen molar-refractivity contribution in [1.82, 2.24) is 14.7 Å². The molecule has 0 saturated carbocycles. The van der Waals surface area contributed by atoms with E-state index in [0.717, 1.165) is 24.2 Å². The quantitative estimate of drug-likeness (QED) is 0.894. The number of rotatable bonds is 5. The van der Waals surface area contributed by atoms with Gasteiger partial charge in [-0.3, -0.25) is 9.59 Å². The maximum atomic E-state index is 13.1. The summed E-state index contributed by atoms with van der Waals surface area (Å²) in [5.74, 6) is -1.27. The van der Waals surface area contributed by atoms with Crippen molar-refractivity contribution in [2.45, 2.75) is 33.1 Å². The Balaban J connectivity index is 1.92. The standard InChI is InChI=1S/C20H25N3O3/c1-3-7-18-17(11-21-23(18)16-8-5-4-6-9-16)19(24)22-12-14(2)10-15(13-22)20(25)26/h4-6,8-9,11,14-15H,3,7,10,12-13H2,1-2H3,(H,25,26). The Morgan fingerprint density at radius 2 is 1.96 bits per heavy atom. The Bertz CT molecular complexity index is 785. The fourth-order valence-corrected chi connectivity index (χ4v) is 3.69. The van der Waals surface area contributed by atoms with Crippen molar-refractivity contribution in [2.75, 3.05) is 13.1 Å². The number of nitrogens with zero attached hydrogens (tertiary/aromatic N) is 3. The lowest BCUT2D eigenvalue weighted by Crippen LogP contribution is -2.45. The number of aromatic nitrogens is 2. The third-order valence-corrected chi connectivity index (χ3v) is 4.88. The van der Waals surface area contributed by atoms with Crippen LogP contribution in [0.15, 0.2) is 36.5 Å². The zero-order valence-corrected chi connectivity index (χ0v) is 15.3. The number of amides is 1. The molecule has 138 valence electrons. The number of carboxylic acid groups (broad SMARTS) is 1. The van der Waals surface area contributed by atoms with E-state index in [4.69, 9.17) is 0 Å². The molecule has 0 aliphatic carbocycles. The Kier molecular flexibility index (Phi) is 5.40. The molecule has 1 aromatic carbocycles. The van der Waals surface area contributed by atoms with Gasteiger partial charge in [0.25, 0.3) is 5.91 Å². The highest BCUT2D eigenvalue weighted by molar-refractivity contribution is 5.95. The maximum absolute atomic E-state index is 13.1. The highest BCUT2D eigenvalue weighted by Gasteiger charge is 2.33. The van der Waals surface area contributed by atoms with Gasteiger partial charge in [-0.1, -0.05) is 38.5 Å². The molecule has 0 radical (unpaired) electrons. The summed E-state index contributed by atoms with van der Waals surface area (Å²) < 4.78 is 1.82. The summed E-state index contributed by atoms with van der Waals surface area (Å²) in [5, 5.41) is 13.8. The second-order valence-electron chi connectivity index (χ2n) is 7.09. The van der Waals surface area contributed by atoms with Crippen LogP contribution < -0.4 is 0 Å². The zero-order valence-electron chi connectivity index (χ0n) is 15.3. The van der Waals surface area contributed by atoms with Crippen molar-refractivity contribution >= 4 is 11.9 Å². The van der Waals surface area contributed by atoms with Crippen LogP contribution in [0, 0.1) is 11.8 Å². The van der Waals surface area contributed by atoms with Crippen molar-refractivity contribution in [1.29, 1.82) is 0 Å². The molecule has 2 heterocycles. The van der Waals surface area contributed by atoms with Gasteiger partial charge in [-0.05, 0) is 30.9 Å². The molecule has 6 heteroatoms. The smallest absolute Gasteiger partial charge is 0.308 e. The van der Waals surface area contributed by atoms with Gasteiger partial charge in [0.1, 0.15) is 0 Å². The van der Waals surface area contributed by atoms with Gasteiger partial charge in [0.2, 0.25) is 0 Å². The van der Waals surface area contributed by atoms with Crippen LogP contribution in [0.1, 0.15) is 42.7 Å². The Morgan fingerprint density at radius 1 is 1.23 bits per heavy atom. The molecule has 0 spiro atoms. The summed E-state index contributed by atoms with van der Waals surface area (Å²) in [5.41, 5.74) is 2.38. The van der Waals surface area contributed by atoms with E-state index in [1.165, 1.54) is 0 Å². The Morgan fingerprint density at radius 3 is 2.62 bits per heavy atom. The van der Waals surface area contributed by atoms with E-state index in [9.17, 15) is 14.7 Å². The van der Waals surface area contributed by atoms with Crippen molar-refractivity contribution < 1.29 is 14.7 Å². The molecule has 1 fully saturated rings. The van der Waals surface area contributed by atoms with Crippen LogP contribution in [0.5, 0.6) is 0 Å². The molecule has 1 saturated heterocycles. The molecule has 1 aliphatic rings. The first kappa shape index (κ1) is 18.2. The summed E-state index contributed by atoms with van der Waals surface area (Å²) in [4.78, 5) is 26.2. The number of likely N-dealkylation sites (tertiary alicyclic amines) is 1. The molecular formula is C20H25N3O3. The lowest BCUT2D eigenvalue weighted by Gasteiger charge is -2.34. The predicted molar refractivity (Wildman–Crippen MR) is 98.4 cm³/mol. The van der Waals surface area contributed by atoms with E-state index in [1.54, 1.807) is 11.1 Å². The third-order valence-electron chi connectivity index (χ3n) is 4.88. The second kappa shape index (κ2) is 7.72. The number of carbonyl (C=O) groups is 2. The summed E-state index contributed by atoms with van der Waals surface area (Å²) in [6.45, 7) is 4.92. The van der Waals surface area contributed by atoms with Gasteiger partial charge in [-0.2, -0.15) is 5.10 Å². The molecule has 2 unspecified atom stereocenters. The van der Waals surface area contributed by atoms with Gasteiger partial charge >= 0.3 is 5.97 Å². The molecule has 1 aliphatic heterocycles. The zero-order chi connectivity index (χ0) is 18.7. The van der Waals surface area contributed by atoms with E-state index in [0.29, 0.717) is 18.5 Å². The number of piperidine rings is 1. The second-order valence-corrected chi connectivity index (χ2v) is 7.09. The fraction of sp³-hybridized carbons (Fsp3) is 0.450. The molecule has 1 amide bonds. The third kappa shape index (κ3) is 3.64. The first-order valence-electron chi connectivity index (χ1n) is 9.15. The molecule has 0 bridgehead atoms. The van der Waals surface area contributed by atoms with E-state index in [-0.39, 0.29) is 18.4 Å². The van der Waals surface area contributed by atoms with Crippen LogP contribution in [0.4, 0.5) is 0 Å². The molecule has 3 rings (SSSR count). The van der Waals surface area contributed by atoms with E-state index in [2.05, 4.69) is 12.0 Å². The van der Waals surface area contributed by atoms with Crippen molar-refractivity contribution in [2.24, 2.45) is 11.8 Å². The molecule has 26 heavy (non-hydrogen) atoms. The van der Waals surface area contributed by atoms with Crippen LogP contribution in [0.25, 0.3) is 5.69 Å². The van der Waals surface area contributed by atoms with Gasteiger partial charge < -0.3 is 10.0 Å². The highest BCUT2D eigenvalue weighted by Crippen LogP contribution is 2.25. The normalized spacial score (nSPS) is 20.2. The molecule has 2 aromatic rings. The van der Waals surface area contributed by atoms with Gasteiger partial charge in [0, 0.05) is 13.1 Å². The Hall–Kier alpha value is -2.63. The summed E-state index contributed by atoms with van der Waals surface area (Å²) in [6.07, 6.45) is 3.87.